The number of benzene rings is 2. The van der Waals surface area contributed by atoms with Gasteiger partial charge in [0.05, 0.1) is 20.1 Å². The van der Waals surface area contributed by atoms with Gasteiger partial charge in [-0.1, -0.05) is 34.6 Å². The van der Waals surface area contributed by atoms with Gasteiger partial charge in [-0.05, 0) is 72.9 Å². The molecule has 0 radical (unpaired) electrons. The number of halogens is 2. The number of non-ortho nitro benzene ring substituents is 1. The first-order valence-electron chi connectivity index (χ1n) is 10.1. The third-order valence-corrected chi connectivity index (χ3v) is 5.89. The van der Waals surface area contributed by atoms with E-state index >= 15 is 0 Å². The summed E-state index contributed by atoms with van der Waals surface area (Å²) >= 11 is 7.06. The zero-order valence-corrected chi connectivity index (χ0v) is 22.3. The lowest BCUT2D eigenvalue weighted by atomic mass is 9.72. The number of ether oxygens (including phenoxy) is 1. The Kier molecular flexibility index (Phi) is 8.64. The molecule has 0 aromatic heterocycles. The molecule has 1 amide bonds. The van der Waals surface area contributed by atoms with Crippen LogP contribution in [0.1, 0.15) is 52.2 Å². The lowest BCUT2D eigenvalue weighted by Gasteiger charge is -2.33. The van der Waals surface area contributed by atoms with E-state index in [2.05, 4.69) is 77.0 Å². The predicted molar refractivity (Wildman–Crippen MR) is 135 cm³/mol. The second-order valence-corrected chi connectivity index (χ2v) is 11.2. The predicted octanol–water partition coefficient (Wildman–Crippen LogP) is 6.07. The summed E-state index contributed by atoms with van der Waals surface area (Å²) < 4.78 is 7.09. The highest BCUT2D eigenvalue weighted by molar-refractivity contribution is 9.11. The van der Waals surface area contributed by atoms with Crippen LogP contribution in [0.25, 0.3) is 0 Å². The SMILES string of the molecule is CC(C)(C)CC(C)(C)c1cc(Br)c(OCC(=O)NN=Cc2cc([N+](=O)[O-])ccc2O)c(Br)c1. The van der Waals surface area contributed by atoms with Gasteiger partial charge in [0.25, 0.3) is 11.6 Å². The Morgan fingerprint density at radius 2 is 1.79 bits per heavy atom. The van der Waals surface area contributed by atoms with Gasteiger partial charge in [-0.25, -0.2) is 5.43 Å². The van der Waals surface area contributed by atoms with E-state index in [9.17, 15) is 20.0 Å². The Labute approximate surface area is 209 Å². The van der Waals surface area contributed by atoms with Crippen molar-refractivity contribution in [2.24, 2.45) is 10.5 Å². The number of nitrogens with zero attached hydrogens (tertiary/aromatic N) is 2. The molecule has 178 valence electrons. The largest absolute Gasteiger partial charge is 0.507 e. The Bertz CT molecular complexity index is 1060. The lowest BCUT2D eigenvalue weighted by Crippen LogP contribution is -2.26. The molecule has 2 aromatic rings. The number of hydrogen-bond acceptors (Lipinski definition) is 6. The van der Waals surface area contributed by atoms with E-state index in [1.54, 1.807) is 0 Å². The van der Waals surface area contributed by atoms with Gasteiger partial charge >= 0.3 is 0 Å². The fraction of sp³-hybridized carbons (Fsp3) is 0.391. The van der Waals surface area contributed by atoms with Crippen LogP contribution in [0, 0.1) is 15.5 Å². The summed E-state index contributed by atoms with van der Waals surface area (Å²) in [7, 11) is 0. The Morgan fingerprint density at radius 3 is 2.33 bits per heavy atom. The third-order valence-electron chi connectivity index (χ3n) is 4.71. The summed E-state index contributed by atoms with van der Waals surface area (Å²) in [4.78, 5) is 22.4. The van der Waals surface area contributed by atoms with Crippen molar-refractivity contribution in [1.82, 2.24) is 5.43 Å². The van der Waals surface area contributed by atoms with Crippen molar-refractivity contribution >= 4 is 49.7 Å². The van der Waals surface area contributed by atoms with E-state index < -0.39 is 10.8 Å². The standard InChI is InChI=1S/C23H27Br2N3O5/c1-22(2,3)13-23(4,5)15-9-17(24)21(18(25)10-15)33-12-20(30)27-26-11-14-8-16(28(31)32)6-7-19(14)29/h6-11,29H,12-13H2,1-5H3,(H,27,30). The summed E-state index contributed by atoms with van der Waals surface area (Å²) in [5, 5.41) is 24.3. The highest BCUT2D eigenvalue weighted by Gasteiger charge is 2.28. The second-order valence-electron chi connectivity index (χ2n) is 9.47. The van der Waals surface area contributed by atoms with E-state index in [1.165, 1.54) is 12.1 Å². The van der Waals surface area contributed by atoms with Gasteiger partial charge < -0.3 is 9.84 Å². The molecule has 0 heterocycles. The average molecular weight is 585 g/mol. The fourth-order valence-corrected chi connectivity index (χ4v) is 5.03. The number of phenols is 1. The van der Waals surface area contributed by atoms with Crippen molar-refractivity contribution in [3.05, 3.63) is 60.5 Å². The van der Waals surface area contributed by atoms with Crippen molar-refractivity contribution < 1.29 is 19.6 Å². The van der Waals surface area contributed by atoms with Gasteiger partial charge in [0.1, 0.15) is 11.5 Å². The van der Waals surface area contributed by atoms with Gasteiger partial charge in [0.2, 0.25) is 0 Å². The maximum atomic E-state index is 12.1. The minimum atomic E-state index is -0.589. The van der Waals surface area contributed by atoms with Crippen molar-refractivity contribution in [2.75, 3.05) is 6.61 Å². The summed E-state index contributed by atoms with van der Waals surface area (Å²) in [6.07, 6.45) is 2.11. The molecule has 2 N–H and O–H groups in total. The monoisotopic (exact) mass is 583 g/mol. The van der Waals surface area contributed by atoms with Crippen molar-refractivity contribution in [1.29, 1.82) is 0 Å². The first kappa shape index (κ1) is 26.8. The normalized spacial score (nSPS) is 12.1. The molecule has 0 atom stereocenters. The van der Waals surface area contributed by atoms with Gasteiger partial charge in [-0.3, -0.25) is 14.9 Å². The second kappa shape index (κ2) is 10.6. The van der Waals surface area contributed by atoms with Crippen LogP contribution in [0.5, 0.6) is 11.5 Å². The maximum Gasteiger partial charge on any atom is 0.277 e. The Hall–Kier alpha value is -2.46. The van der Waals surface area contributed by atoms with Crippen LogP contribution in [0.2, 0.25) is 0 Å². The molecular formula is C23H27Br2N3O5. The molecule has 8 nitrogen and oxygen atoms in total. The molecule has 0 spiro atoms. The number of carbonyl (C=O) groups excluding carboxylic acids is 1. The number of carbonyl (C=O) groups is 1. The number of nitro groups is 1. The molecule has 0 saturated carbocycles. The van der Waals surface area contributed by atoms with Gasteiger partial charge in [-0.15, -0.1) is 0 Å². The van der Waals surface area contributed by atoms with Crippen LogP contribution in [-0.4, -0.2) is 28.8 Å². The molecule has 0 unspecified atom stereocenters. The Balaban J connectivity index is 2.04. The van der Waals surface area contributed by atoms with E-state index in [-0.39, 0.29) is 34.4 Å². The fourth-order valence-electron chi connectivity index (χ4n) is 3.62. The van der Waals surface area contributed by atoms with E-state index in [1.807, 2.05) is 12.1 Å². The number of nitro benzene ring substituents is 1. The van der Waals surface area contributed by atoms with Crippen molar-refractivity contribution in [2.45, 2.75) is 46.5 Å². The van der Waals surface area contributed by atoms with Crippen LogP contribution in [0.15, 0.2) is 44.4 Å². The smallest absolute Gasteiger partial charge is 0.277 e. The zero-order chi connectivity index (χ0) is 25.0. The van der Waals surface area contributed by atoms with Crippen LogP contribution < -0.4 is 10.2 Å². The number of nitrogens with one attached hydrogen (secondary N) is 1. The highest BCUT2D eigenvalue weighted by atomic mass is 79.9. The lowest BCUT2D eigenvalue weighted by molar-refractivity contribution is -0.384. The molecule has 2 aromatic carbocycles. The van der Waals surface area contributed by atoms with E-state index in [0.717, 1.165) is 24.3 Å². The minimum Gasteiger partial charge on any atom is -0.507 e. The molecule has 0 bridgehead atoms. The summed E-state index contributed by atoms with van der Waals surface area (Å²) in [5.74, 6) is -0.245. The summed E-state index contributed by atoms with van der Waals surface area (Å²) in [6.45, 7) is 10.7. The van der Waals surface area contributed by atoms with E-state index in [4.69, 9.17) is 4.74 Å². The molecule has 0 aliphatic heterocycles. The molecule has 0 aliphatic rings. The van der Waals surface area contributed by atoms with Crippen molar-refractivity contribution in [3.8, 4) is 11.5 Å². The molecular weight excluding hydrogens is 558 g/mol. The van der Waals surface area contributed by atoms with Crippen LogP contribution in [0.4, 0.5) is 5.69 Å². The third kappa shape index (κ3) is 7.82. The number of rotatable bonds is 8. The number of aromatic hydroxyl groups is 1. The molecule has 2 rings (SSSR count). The molecule has 10 heteroatoms. The number of amides is 1. The highest BCUT2D eigenvalue weighted by Crippen LogP contribution is 2.42. The van der Waals surface area contributed by atoms with Crippen LogP contribution in [-0.2, 0) is 10.2 Å². The molecule has 0 fully saturated rings. The topological polar surface area (TPSA) is 114 Å². The quantitative estimate of drug-likeness (QED) is 0.222. The zero-order valence-electron chi connectivity index (χ0n) is 19.1. The minimum absolute atomic E-state index is 0.0635. The molecule has 0 saturated heterocycles. The average Bonchev–Trinajstić information content (AvgIpc) is 2.66. The number of phenolic OH excluding ortho intramolecular Hbond substituents is 1. The molecule has 33 heavy (non-hydrogen) atoms. The maximum absolute atomic E-state index is 12.1. The van der Waals surface area contributed by atoms with Gasteiger partial charge in [0.15, 0.2) is 6.61 Å². The van der Waals surface area contributed by atoms with Crippen LogP contribution >= 0.6 is 31.9 Å². The Morgan fingerprint density at radius 1 is 1.18 bits per heavy atom. The number of hydrogen-bond donors (Lipinski definition) is 2. The first-order chi connectivity index (χ1) is 15.2. The number of hydrazone groups is 1. The van der Waals surface area contributed by atoms with Crippen molar-refractivity contribution in [3.63, 3.8) is 0 Å². The summed E-state index contributed by atoms with van der Waals surface area (Å²) in [5.41, 5.74) is 3.41. The summed E-state index contributed by atoms with van der Waals surface area (Å²) in [6, 6.07) is 7.49. The first-order valence-corrected chi connectivity index (χ1v) is 11.7. The van der Waals surface area contributed by atoms with Gasteiger partial charge in [0, 0.05) is 17.7 Å². The van der Waals surface area contributed by atoms with E-state index in [0.29, 0.717) is 14.7 Å². The van der Waals surface area contributed by atoms with Crippen LogP contribution in [0.3, 0.4) is 0 Å². The molecule has 0 aliphatic carbocycles. The van der Waals surface area contributed by atoms with Gasteiger partial charge in [-0.2, -0.15) is 5.10 Å².